The minimum absolute atomic E-state index is 0.00834. The Hall–Kier alpha value is -1.51. The predicted octanol–water partition coefficient (Wildman–Crippen LogP) is 1.86. The van der Waals surface area contributed by atoms with Crippen molar-refractivity contribution >= 4 is 11.6 Å². The molecule has 15 heavy (non-hydrogen) atoms. The molecule has 2 rings (SSSR count). The molecule has 0 unspecified atom stereocenters. The number of amides is 1. The minimum atomic E-state index is -0.0625. The molecule has 0 spiro atoms. The van der Waals surface area contributed by atoms with Crippen molar-refractivity contribution in [3.05, 3.63) is 29.3 Å². The molecule has 0 bridgehead atoms. The van der Waals surface area contributed by atoms with Gasteiger partial charge in [0.2, 0.25) is 0 Å². The maximum absolute atomic E-state index is 11.8. The van der Waals surface area contributed by atoms with Crippen molar-refractivity contribution in [2.24, 2.45) is 0 Å². The van der Waals surface area contributed by atoms with Crippen molar-refractivity contribution in [3.63, 3.8) is 0 Å². The fourth-order valence-corrected chi connectivity index (χ4v) is 1.54. The van der Waals surface area contributed by atoms with E-state index in [-0.39, 0.29) is 11.4 Å². The monoisotopic (exact) mass is 204 g/mol. The normalized spacial score (nSPS) is 17.2. The molecule has 0 saturated heterocycles. The summed E-state index contributed by atoms with van der Waals surface area (Å²) in [6.07, 6.45) is 2.12. The lowest BCUT2D eigenvalue weighted by Crippen LogP contribution is -2.34. The van der Waals surface area contributed by atoms with Crippen LogP contribution in [0, 0.1) is 6.92 Å². The van der Waals surface area contributed by atoms with Crippen molar-refractivity contribution in [1.29, 1.82) is 0 Å². The molecule has 0 heterocycles. The summed E-state index contributed by atoms with van der Waals surface area (Å²) >= 11 is 0. The van der Waals surface area contributed by atoms with E-state index in [0.29, 0.717) is 11.3 Å². The number of rotatable bonds is 2. The van der Waals surface area contributed by atoms with Gasteiger partial charge < -0.3 is 11.1 Å². The lowest BCUT2D eigenvalue weighted by atomic mass is 10.1. The van der Waals surface area contributed by atoms with Gasteiger partial charge in [-0.15, -0.1) is 0 Å². The summed E-state index contributed by atoms with van der Waals surface area (Å²) in [7, 11) is 0. The van der Waals surface area contributed by atoms with E-state index in [1.165, 1.54) is 0 Å². The molecule has 0 atom stereocenters. The van der Waals surface area contributed by atoms with Crippen LogP contribution in [0.5, 0.6) is 0 Å². The van der Waals surface area contributed by atoms with Crippen molar-refractivity contribution in [2.45, 2.75) is 32.2 Å². The molecule has 0 aliphatic heterocycles. The lowest BCUT2D eigenvalue weighted by molar-refractivity contribution is 0.0936. The second kappa shape index (κ2) is 3.26. The average Bonchev–Trinajstić information content (AvgIpc) is 2.82. The number of anilines is 1. The first kappa shape index (κ1) is 10.0. The molecule has 1 aromatic carbocycles. The summed E-state index contributed by atoms with van der Waals surface area (Å²) in [6.45, 7) is 4.01. The van der Waals surface area contributed by atoms with Gasteiger partial charge in [0.15, 0.2) is 0 Å². The van der Waals surface area contributed by atoms with Crippen LogP contribution in [0.15, 0.2) is 18.2 Å². The Morgan fingerprint density at radius 1 is 1.47 bits per heavy atom. The number of hydrogen-bond acceptors (Lipinski definition) is 2. The quantitative estimate of drug-likeness (QED) is 0.722. The summed E-state index contributed by atoms with van der Waals surface area (Å²) in [5.74, 6) is -0.0625. The number of carbonyl (C=O) groups excluding carboxylic acids is 1. The highest BCUT2D eigenvalue weighted by Gasteiger charge is 2.38. The first-order valence-corrected chi connectivity index (χ1v) is 5.19. The third-order valence-corrected chi connectivity index (χ3v) is 2.87. The molecule has 3 heteroatoms. The van der Waals surface area contributed by atoms with Crippen molar-refractivity contribution in [1.82, 2.24) is 5.32 Å². The van der Waals surface area contributed by atoms with Gasteiger partial charge in [0.25, 0.3) is 5.91 Å². The molecule has 1 saturated carbocycles. The Morgan fingerprint density at radius 3 is 2.67 bits per heavy atom. The van der Waals surface area contributed by atoms with Crippen LogP contribution in [0.2, 0.25) is 0 Å². The highest BCUT2D eigenvalue weighted by Crippen LogP contribution is 2.34. The van der Waals surface area contributed by atoms with Crippen LogP contribution in [0.25, 0.3) is 0 Å². The third-order valence-electron chi connectivity index (χ3n) is 2.87. The molecule has 1 fully saturated rings. The van der Waals surface area contributed by atoms with Gasteiger partial charge in [-0.05, 0) is 44.4 Å². The number of benzene rings is 1. The first-order chi connectivity index (χ1) is 7.00. The number of aryl methyl sites for hydroxylation is 1. The van der Waals surface area contributed by atoms with Gasteiger partial charge >= 0.3 is 0 Å². The second-order valence-corrected chi connectivity index (χ2v) is 4.61. The van der Waals surface area contributed by atoms with Gasteiger partial charge in [-0.3, -0.25) is 4.79 Å². The summed E-state index contributed by atoms with van der Waals surface area (Å²) in [5.41, 5.74) is 8.01. The largest absolute Gasteiger partial charge is 0.398 e. The topological polar surface area (TPSA) is 55.1 Å². The number of nitrogens with two attached hydrogens (primary N) is 1. The van der Waals surface area contributed by atoms with E-state index < -0.39 is 0 Å². The Balaban J connectivity index is 2.18. The smallest absolute Gasteiger partial charge is 0.253 e. The maximum Gasteiger partial charge on any atom is 0.253 e. The van der Waals surface area contributed by atoms with E-state index >= 15 is 0 Å². The van der Waals surface area contributed by atoms with E-state index in [4.69, 9.17) is 5.73 Å². The molecule has 1 amide bonds. The Bertz CT molecular complexity index is 408. The van der Waals surface area contributed by atoms with E-state index in [9.17, 15) is 4.79 Å². The van der Waals surface area contributed by atoms with Crippen LogP contribution in [-0.4, -0.2) is 11.4 Å². The molecular weight excluding hydrogens is 188 g/mol. The second-order valence-electron chi connectivity index (χ2n) is 4.61. The average molecular weight is 204 g/mol. The van der Waals surface area contributed by atoms with Gasteiger partial charge in [-0.1, -0.05) is 6.07 Å². The van der Waals surface area contributed by atoms with Crippen LogP contribution in [0.4, 0.5) is 5.69 Å². The van der Waals surface area contributed by atoms with E-state index in [2.05, 4.69) is 12.2 Å². The molecule has 1 aromatic rings. The minimum Gasteiger partial charge on any atom is -0.398 e. The fourth-order valence-electron chi connectivity index (χ4n) is 1.54. The summed E-state index contributed by atoms with van der Waals surface area (Å²) < 4.78 is 0. The Morgan fingerprint density at radius 2 is 2.13 bits per heavy atom. The Kier molecular flexibility index (Phi) is 2.18. The molecule has 3 N–H and O–H groups in total. The maximum atomic E-state index is 11.8. The van der Waals surface area contributed by atoms with Gasteiger partial charge in [0.1, 0.15) is 0 Å². The number of nitrogens with one attached hydrogen (secondary N) is 1. The van der Waals surface area contributed by atoms with Gasteiger partial charge in [0, 0.05) is 11.2 Å². The zero-order chi connectivity index (χ0) is 11.1. The SMILES string of the molecule is Cc1ccc(C(=O)NC2(C)CC2)c(N)c1. The first-order valence-electron chi connectivity index (χ1n) is 5.19. The summed E-state index contributed by atoms with van der Waals surface area (Å²) in [4.78, 5) is 11.8. The number of carbonyl (C=O) groups is 1. The van der Waals surface area contributed by atoms with Crippen molar-refractivity contribution in [2.75, 3.05) is 5.73 Å². The van der Waals surface area contributed by atoms with Crippen LogP contribution < -0.4 is 11.1 Å². The zero-order valence-corrected chi connectivity index (χ0v) is 9.13. The van der Waals surface area contributed by atoms with Crippen LogP contribution in [-0.2, 0) is 0 Å². The van der Waals surface area contributed by atoms with E-state index in [0.717, 1.165) is 18.4 Å². The number of hydrogen-bond donors (Lipinski definition) is 2. The highest BCUT2D eigenvalue weighted by atomic mass is 16.1. The predicted molar refractivity (Wildman–Crippen MR) is 60.7 cm³/mol. The van der Waals surface area contributed by atoms with Crippen LogP contribution >= 0.6 is 0 Å². The van der Waals surface area contributed by atoms with E-state index in [1.807, 2.05) is 19.1 Å². The molecular formula is C12H16N2O. The van der Waals surface area contributed by atoms with Crippen LogP contribution in [0.3, 0.4) is 0 Å². The zero-order valence-electron chi connectivity index (χ0n) is 9.13. The van der Waals surface area contributed by atoms with Crippen molar-refractivity contribution < 1.29 is 4.79 Å². The van der Waals surface area contributed by atoms with Gasteiger partial charge in [-0.25, -0.2) is 0 Å². The Labute approximate surface area is 89.7 Å². The fraction of sp³-hybridized carbons (Fsp3) is 0.417. The highest BCUT2D eigenvalue weighted by molar-refractivity contribution is 5.99. The molecule has 0 radical (unpaired) electrons. The molecule has 80 valence electrons. The van der Waals surface area contributed by atoms with Gasteiger partial charge in [-0.2, -0.15) is 0 Å². The molecule has 3 nitrogen and oxygen atoms in total. The molecule has 1 aliphatic rings. The van der Waals surface area contributed by atoms with Crippen LogP contribution in [0.1, 0.15) is 35.7 Å². The summed E-state index contributed by atoms with van der Waals surface area (Å²) in [5, 5.41) is 2.99. The standard InChI is InChI=1S/C12H16N2O/c1-8-3-4-9(10(13)7-8)11(15)14-12(2)5-6-12/h3-4,7H,5-6,13H2,1-2H3,(H,14,15). The summed E-state index contributed by atoms with van der Waals surface area (Å²) in [6, 6.07) is 5.51. The van der Waals surface area contributed by atoms with Gasteiger partial charge in [0.05, 0.1) is 5.56 Å². The number of nitrogen functional groups attached to an aromatic ring is 1. The van der Waals surface area contributed by atoms with Crippen molar-refractivity contribution in [3.8, 4) is 0 Å². The molecule has 0 aromatic heterocycles. The third kappa shape index (κ3) is 2.12. The lowest BCUT2D eigenvalue weighted by Gasteiger charge is -2.12. The molecule has 1 aliphatic carbocycles. The van der Waals surface area contributed by atoms with E-state index in [1.54, 1.807) is 6.07 Å².